The Kier molecular flexibility index (Phi) is 5.36. The molecule has 82 valence electrons. The van der Waals surface area contributed by atoms with Gasteiger partial charge in [-0.3, -0.25) is 4.99 Å². The lowest BCUT2D eigenvalue weighted by molar-refractivity contribution is 0.344. The summed E-state index contributed by atoms with van der Waals surface area (Å²) in [5.41, 5.74) is 5.51. The van der Waals surface area contributed by atoms with Gasteiger partial charge in [0.25, 0.3) is 0 Å². The summed E-state index contributed by atoms with van der Waals surface area (Å²) in [6.07, 6.45) is 0. The van der Waals surface area contributed by atoms with Crippen molar-refractivity contribution >= 4 is 28.5 Å². The van der Waals surface area contributed by atoms with E-state index in [4.69, 9.17) is 22.1 Å². The van der Waals surface area contributed by atoms with E-state index < -0.39 is 0 Å². The molecular weight excluding hydrogens is 232 g/mol. The quantitative estimate of drug-likeness (QED) is 0.503. The van der Waals surface area contributed by atoms with Crippen LogP contribution >= 0.6 is 23.4 Å². The van der Waals surface area contributed by atoms with Crippen LogP contribution in [0.4, 0.5) is 0 Å². The molecule has 0 radical (unpaired) electrons. The first-order valence-corrected chi connectivity index (χ1v) is 5.82. The molecule has 0 atom stereocenters. The lowest BCUT2D eigenvalue weighted by atomic mass is 10.3. The van der Waals surface area contributed by atoms with Crippen molar-refractivity contribution < 1.29 is 4.74 Å². The molecule has 0 aliphatic heterocycles. The topological polar surface area (TPSA) is 47.6 Å². The molecule has 0 fully saturated rings. The molecule has 0 unspecified atom stereocenters. The normalized spacial score (nSPS) is 11.5. The van der Waals surface area contributed by atoms with Crippen molar-refractivity contribution in [3.63, 3.8) is 0 Å². The summed E-state index contributed by atoms with van der Waals surface area (Å²) in [6, 6.07) is 7.27. The maximum absolute atomic E-state index is 5.74. The Morgan fingerprint density at radius 3 is 2.73 bits per heavy atom. The summed E-state index contributed by atoms with van der Waals surface area (Å²) in [4.78, 5) is 3.83. The van der Waals surface area contributed by atoms with Gasteiger partial charge in [-0.15, -0.1) is 0 Å². The zero-order chi connectivity index (χ0) is 11.1. The number of thioether (sulfide) groups is 1. The molecule has 0 saturated heterocycles. The minimum atomic E-state index is 0.578. The first kappa shape index (κ1) is 12.2. The van der Waals surface area contributed by atoms with E-state index in [1.165, 1.54) is 11.8 Å². The van der Waals surface area contributed by atoms with E-state index in [1.54, 1.807) is 19.2 Å². The molecular formula is C10H13ClN2OS. The Morgan fingerprint density at radius 1 is 1.47 bits per heavy atom. The van der Waals surface area contributed by atoms with Crippen LogP contribution in [0.2, 0.25) is 5.02 Å². The summed E-state index contributed by atoms with van der Waals surface area (Å²) in [7, 11) is 1.67. The third-order valence-corrected chi connectivity index (χ3v) is 2.74. The van der Waals surface area contributed by atoms with Gasteiger partial charge < -0.3 is 10.5 Å². The lowest BCUT2D eigenvalue weighted by Gasteiger charge is -2.05. The second kappa shape index (κ2) is 6.58. The molecule has 0 heterocycles. The van der Waals surface area contributed by atoms with Crippen LogP contribution in [-0.2, 0) is 0 Å². The van der Waals surface area contributed by atoms with Crippen LogP contribution in [-0.4, -0.2) is 24.6 Å². The van der Waals surface area contributed by atoms with Gasteiger partial charge in [-0.05, 0) is 24.3 Å². The minimum Gasteiger partial charge on any atom is -0.493 e. The summed E-state index contributed by atoms with van der Waals surface area (Å²) in [5.74, 6) is 1.60. The molecule has 2 N–H and O–H groups in total. The van der Waals surface area contributed by atoms with Crippen LogP contribution in [0, 0.1) is 0 Å². The third-order valence-electron chi connectivity index (χ3n) is 1.64. The fourth-order valence-electron chi connectivity index (χ4n) is 0.901. The van der Waals surface area contributed by atoms with Gasteiger partial charge in [0, 0.05) is 17.8 Å². The number of halogens is 1. The summed E-state index contributed by atoms with van der Waals surface area (Å²) < 4.78 is 5.47. The SMILES string of the molecule is CN=C(N)SCCOc1ccc(Cl)cc1. The standard InChI is InChI=1S/C10H13ClN2OS/c1-13-10(12)15-7-6-14-9-4-2-8(11)3-5-9/h2-5H,6-7H2,1H3,(H2,12,13). The van der Waals surface area contributed by atoms with Crippen LogP contribution in [0.5, 0.6) is 5.75 Å². The molecule has 0 aliphatic carbocycles. The van der Waals surface area contributed by atoms with E-state index in [0.717, 1.165) is 11.5 Å². The highest BCUT2D eigenvalue weighted by atomic mass is 35.5. The molecule has 15 heavy (non-hydrogen) atoms. The molecule has 0 aliphatic rings. The van der Waals surface area contributed by atoms with Crippen LogP contribution in [0.25, 0.3) is 0 Å². The first-order valence-electron chi connectivity index (χ1n) is 4.46. The predicted molar refractivity (Wildman–Crippen MR) is 67.0 cm³/mol. The van der Waals surface area contributed by atoms with Gasteiger partial charge in [0.05, 0.1) is 6.61 Å². The van der Waals surface area contributed by atoms with Crippen molar-refractivity contribution in [2.24, 2.45) is 10.7 Å². The van der Waals surface area contributed by atoms with Crippen molar-refractivity contribution in [1.29, 1.82) is 0 Å². The van der Waals surface area contributed by atoms with Gasteiger partial charge in [0.2, 0.25) is 0 Å². The average molecular weight is 245 g/mol. The molecule has 1 aromatic rings. The molecule has 0 aromatic heterocycles. The van der Waals surface area contributed by atoms with E-state index in [2.05, 4.69) is 4.99 Å². The Labute approximate surface area is 98.7 Å². The third kappa shape index (κ3) is 4.95. The zero-order valence-electron chi connectivity index (χ0n) is 8.44. The Bertz CT molecular complexity index is 327. The number of hydrogen-bond acceptors (Lipinski definition) is 3. The molecule has 0 amide bonds. The summed E-state index contributed by atoms with van der Waals surface area (Å²) in [5, 5.41) is 1.29. The second-order valence-electron chi connectivity index (χ2n) is 2.71. The molecule has 0 saturated carbocycles. The van der Waals surface area contributed by atoms with Crippen molar-refractivity contribution in [2.45, 2.75) is 0 Å². The fraction of sp³-hybridized carbons (Fsp3) is 0.300. The molecule has 0 spiro atoms. The molecule has 1 aromatic carbocycles. The Balaban J connectivity index is 2.23. The number of amidine groups is 1. The minimum absolute atomic E-state index is 0.578. The van der Waals surface area contributed by atoms with Gasteiger partial charge in [-0.1, -0.05) is 23.4 Å². The average Bonchev–Trinajstić information content (AvgIpc) is 2.26. The molecule has 0 bridgehead atoms. The van der Waals surface area contributed by atoms with Crippen LogP contribution in [0.3, 0.4) is 0 Å². The second-order valence-corrected chi connectivity index (χ2v) is 4.26. The van der Waals surface area contributed by atoms with Crippen LogP contribution in [0.15, 0.2) is 29.3 Å². The maximum Gasteiger partial charge on any atom is 0.153 e. The molecule has 1 rings (SSSR count). The van der Waals surface area contributed by atoms with Crippen LogP contribution < -0.4 is 10.5 Å². The molecule has 5 heteroatoms. The number of nitrogens with zero attached hydrogens (tertiary/aromatic N) is 1. The lowest BCUT2D eigenvalue weighted by Crippen LogP contribution is -2.10. The van der Waals surface area contributed by atoms with Gasteiger partial charge in [0.1, 0.15) is 5.75 Å². The van der Waals surface area contributed by atoms with Gasteiger partial charge >= 0.3 is 0 Å². The highest BCUT2D eigenvalue weighted by Gasteiger charge is 1.95. The van der Waals surface area contributed by atoms with E-state index in [-0.39, 0.29) is 0 Å². The number of nitrogens with two attached hydrogens (primary N) is 1. The number of aliphatic imine (C=N–C) groups is 1. The smallest absolute Gasteiger partial charge is 0.153 e. The van der Waals surface area contributed by atoms with Crippen molar-refractivity contribution in [1.82, 2.24) is 0 Å². The highest BCUT2D eigenvalue weighted by Crippen LogP contribution is 2.15. The monoisotopic (exact) mass is 244 g/mol. The first-order chi connectivity index (χ1) is 7.22. The van der Waals surface area contributed by atoms with E-state index in [9.17, 15) is 0 Å². The van der Waals surface area contributed by atoms with Gasteiger partial charge in [-0.25, -0.2) is 0 Å². The zero-order valence-corrected chi connectivity index (χ0v) is 10.0. The molecule has 3 nitrogen and oxygen atoms in total. The van der Waals surface area contributed by atoms with Crippen molar-refractivity contribution in [3.8, 4) is 5.75 Å². The van der Waals surface area contributed by atoms with E-state index >= 15 is 0 Å². The number of ether oxygens (including phenoxy) is 1. The Hall–Kier alpha value is -0.870. The highest BCUT2D eigenvalue weighted by molar-refractivity contribution is 8.13. The number of hydrogen-bond donors (Lipinski definition) is 1. The van der Waals surface area contributed by atoms with Gasteiger partial charge in [-0.2, -0.15) is 0 Å². The maximum atomic E-state index is 5.74. The van der Waals surface area contributed by atoms with E-state index in [0.29, 0.717) is 16.8 Å². The van der Waals surface area contributed by atoms with Crippen molar-refractivity contribution in [2.75, 3.05) is 19.4 Å². The van der Waals surface area contributed by atoms with Gasteiger partial charge in [0.15, 0.2) is 5.17 Å². The predicted octanol–water partition coefficient (Wildman–Crippen LogP) is 2.40. The van der Waals surface area contributed by atoms with Crippen molar-refractivity contribution in [3.05, 3.63) is 29.3 Å². The summed E-state index contributed by atoms with van der Waals surface area (Å²) >= 11 is 7.22. The summed E-state index contributed by atoms with van der Waals surface area (Å²) in [6.45, 7) is 0.600. The Morgan fingerprint density at radius 2 is 2.13 bits per heavy atom. The largest absolute Gasteiger partial charge is 0.493 e. The van der Waals surface area contributed by atoms with Crippen LogP contribution in [0.1, 0.15) is 0 Å². The number of benzene rings is 1. The van der Waals surface area contributed by atoms with E-state index in [1.807, 2.05) is 12.1 Å². The number of rotatable bonds is 4. The fourth-order valence-corrected chi connectivity index (χ4v) is 1.53.